The van der Waals surface area contributed by atoms with Crippen LogP contribution in [0, 0.1) is 0 Å². The highest BCUT2D eigenvalue weighted by atomic mass is 16.3. The Hall–Kier alpha value is -2.50. The molecule has 2 aromatic rings. The SMILES string of the molecule is CN(C)c1ccc(N[C@H]2CCCN(C(=O)CCc3ccco3)CC2)cn1. The second kappa shape index (κ2) is 8.74. The van der Waals surface area contributed by atoms with Crippen LogP contribution in [0.1, 0.15) is 31.4 Å². The Balaban J connectivity index is 1.47. The molecule has 1 fully saturated rings. The minimum atomic E-state index is 0.221. The molecule has 0 unspecified atom stereocenters. The fourth-order valence-electron chi connectivity index (χ4n) is 3.30. The second-order valence-electron chi connectivity index (χ2n) is 7.03. The van der Waals surface area contributed by atoms with Crippen molar-refractivity contribution in [1.82, 2.24) is 9.88 Å². The number of carbonyl (C=O) groups is 1. The third-order valence-corrected chi connectivity index (χ3v) is 4.82. The highest BCUT2D eigenvalue weighted by Crippen LogP contribution is 2.19. The van der Waals surface area contributed by atoms with E-state index >= 15 is 0 Å². The number of anilines is 2. The van der Waals surface area contributed by atoms with E-state index in [4.69, 9.17) is 4.42 Å². The van der Waals surface area contributed by atoms with Gasteiger partial charge in [0, 0.05) is 46.1 Å². The molecule has 3 heterocycles. The van der Waals surface area contributed by atoms with Crippen molar-refractivity contribution in [1.29, 1.82) is 0 Å². The van der Waals surface area contributed by atoms with Gasteiger partial charge in [0.15, 0.2) is 0 Å². The van der Waals surface area contributed by atoms with Crippen LogP contribution in [0.3, 0.4) is 0 Å². The van der Waals surface area contributed by atoms with Gasteiger partial charge in [-0.15, -0.1) is 0 Å². The summed E-state index contributed by atoms with van der Waals surface area (Å²) in [7, 11) is 3.97. The maximum absolute atomic E-state index is 12.5. The molecule has 1 amide bonds. The van der Waals surface area contributed by atoms with Crippen molar-refractivity contribution < 1.29 is 9.21 Å². The molecule has 140 valence electrons. The first kappa shape index (κ1) is 18.3. The first-order chi connectivity index (χ1) is 12.6. The number of rotatable bonds is 6. The predicted octanol–water partition coefficient (Wildman–Crippen LogP) is 3.17. The van der Waals surface area contributed by atoms with Crippen LogP contribution >= 0.6 is 0 Å². The quantitative estimate of drug-likeness (QED) is 0.861. The normalized spacial score (nSPS) is 17.6. The Morgan fingerprint density at radius 2 is 2.19 bits per heavy atom. The summed E-state index contributed by atoms with van der Waals surface area (Å²) in [5.74, 6) is 2.05. The molecule has 6 nitrogen and oxygen atoms in total. The Kier molecular flexibility index (Phi) is 6.15. The average Bonchev–Trinajstić information content (AvgIpc) is 3.05. The van der Waals surface area contributed by atoms with E-state index in [2.05, 4.69) is 16.4 Å². The number of nitrogens with one attached hydrogen (secondary N) is 1. The van der Waals surface area contributed by atoms with Crippen molar-refractivity contribution in [3.63, 3.8) is 0 Å². The number of aryl methyl sites for hydroxylation is 1. The number of furan rings is 1. The van der Waals surface area contributed by atoms with Crippen molar-refractivity contribution in [2.45, 2.75) is 38.1 Å². The third-order valence-electron chi connectivity index (χ3n) is 4.82. The molecule has 6 heteroatoms. The number of nitrogens with zero attached hydrogens (tertiary/aromatic N) is 3. The Bertz CT molecular complexity index is 682. The molecule has 1 aliphatic rings. The summed E-state index contributed by atoms with van der Waals surface area (Å²) < 4.78 is 5.31. The van der Waals surface area contributed by atoms with Crippen LogP contribution in [-0.4, -0.2) is 49.0 Å². The summed E-state index contributed by atoms with van der Waals surface area (Å²) in [5, 5.41) is 3.57. The maximum Gasteiger partial charge on any atom is 0.223 e. The lowest BCUT2D eigenvalue weighted by molar-refractivity contribution is -0.131. The van der Waals surface area contributed by atoms with E-state index in [-0.39, 0.29) is 5.91 Å². The van der Waals surface area contributed by atoms with Crippen molar-refractivity contribution in [3.05, 3.63) is 42.5 Å². The van der Waals surface area contributed by atoms with Gasteiger partial charge in [0.05, 0.1) is 18.1 Å². The topological polar surface area (TPSA) is 61.6 Å². The predicted molar refractivity (Wildman–Crippen MR) is 103 cm³/mol. The number of likely N-dealkylation sites (tertiary alicyclic amines) is 1. The molecular weight excluding hydrogens is 328 g/mol. The van der Waals surface area contributed by atoms with Crippen LogP contribution in [0.2, 0.25) is 0 Å². The summed E-state index contributed by atoms with van der Waals surface area (Å²) in [6.45, 7) is 1.64. The van der Waals surface area contributed by atoms with Crippen LogP contribution < -0.4 is 10.2 Å². The van der Waals surface area contributed by atoms with Gasteiger partial charge in [-0.1, -0.05) is 0 Å². The van der Waals surface area contributed by atoms with Gasteiger partial charge < -0.3 is 19.5 Å². The van der Waals surface area contributed by atoms with E-state index in [1.807, 2.05) is 48.3 Å². The molecule has 0 aromatic carbocycles. The molecule has 3 rings (SSSR count). The first-order valence-electron chi connectivity index (χ1n) is 9.32. The summed E-state index contributed by atoms with van der Waals surface area (Å²) in [5.41, 5.74) is 1.04. The number of hydrogen-bond acceptors (Lipinski definition) is 5. The van der Waals surface area contributed by atoms with E-state index < -0.39 is 0 Å². The van der Waals surface area contributed by atoms with Crippen LogP contribution in [0.25, 0.3) is 0 Å². The molecule has 1 saturated heterocycles. The Morgan fingerprint density at radius 3 is 2.88 bits per heavy atom. The summed E-state index contributed by atoms with van der Waals surface area (Å²) >= 11 is 0. The minimum absolute atomic E-state index is 0.221. The smallest absolute Gasteiger partial charge is 0.223 e. The molecule has 0 aliphatic carbocycles. The fourth-order valence-corrected chi connectivity index (χ4v) is 3.30. The van der Waals surface area contributed by atoms with Crippen molar-refractivity contribution in [2.75, 3.05) is 37.4 Å². The zero-order valence-electron chi connectivity index (χ0n) is 15.6. The average molecular weight is 356 g/mol. The molecule has 26 heavy (non-hydrogen) atoms. The lowest BCUT2D eigenvalue weighted by Crippen LogP contribution is -2.32. The zero-order valence-corrected chi connectivity index (χ0v) is 15.6. The molecule has 1 atom stereocenters. The summed E-state index contributed by atoms with van der Waals surface area (Å²) in [6, 6.07) is 8.25. The van der Waals surface area contributed by atoms with Crippen molar-refractivity contribution in [3.8, 4) is 0 Å². The van der Waals surface area contributed by atoms with Gasteiger partial charge in [-0.2, -0.15) is 0 Å². The zero-order chi connectivity index (χ0) is 18.4. The Labute approximate surface area is 155 Å². The standard InChI is InChI=1S/C20H28N4O2/c1-23(2)19-9-7-17(15-21-19)22-16-5-3-12-24(13-11-16)20(25)10-8-18-6-4-14-26-18/h4,6-7,9,14-16,22H,3,5,8,10-13H2,1-2H3/t16-/m0/s1. The van der Waals surface area contributed by atoms with E-state index in [9.17, 15) is 4.79 Å². The van der Waals surface area contributed by atoms with E-state index in [1.165, 1.54) is 0 Å². The molecule has 0 spiro atoms. The third kappa shape index (κ3) is 5.00. The van der Waals surface area contributed by atoms with Crippen LogP contribution in [0.15, 0.2) is 41.1 Å². The number of aromatic nitrogens is 1. The van der Waals surface area contributed by atoms with Gasteiger partial charge in [-0.05, 0) is 43.5 Å². The van der Waals surface area contributed by atoms with Crippen molar-refractivity contribution in [2.24, 2.45) is 0 Å². The maximum atomic E-state index is 12.5. The molecule has 2 aromatic heterocycles. The van der Waals surface area contributed by atoms with E-state index in [0.717, 1.165) is 49.6 Å². The summed E-state index contributed by atoms with van der Waals surface area (Å²) in [6.07, 6.45) is 7.77. The minimum Gasteiger partial charge on any atom is -0.469 e. The van der Waals surface area contributed by atoms with Gasteiger partial charge >= 0.3 is 0 Å². The molecule has 0 radical (unpaired) electrons. The highest BCUT2D eigenvalue weighted by molar-refractivity contribution is 5.76. The molecular formula is C20H28N4O2. The lowest BCUT2D eigenvalue weighted by Gasteiger charge is -2.21. The largest absolute Gasteiger partial charge is 0.469 e. The van der Waals surface area contributed by atoms with Crippen LogP contribution in [-0.2, 0) is 11.2 Å². The monoisotopic (exact) mass is 356 g/mol. The number of carbonyl (C=O) groups excluding carboxylic acids is 1. The van der Waals surface area contributed by atoms with Gasteiger partial charge in [0.2, 0.25) is 5.91 Å². The van der Waals surface area contributed by atoms with E-state index in [1.54, 1.807) is 6.26 Å². The summed E-state index contributed by atoms with van der Waals surface area (Å²) in [4.78, 5) is 20.9. The number of amides is 1. The lowest BCUT2D eigenvalue weighted by atomic mass is 10.1. The second-order valence-corrected chi connectivity index (χ2v) is 7.03. The number of hydrogen-bond donors (Lipinski definition) is 1. The molecule has 0 saturated carbocycles. The number of pyridine rings is 1. The van der Waals surface area contributed by atoms with Crippen LogP contribution in [0.5, 0.6) is 0 Å². The van der Waals surface area contributed by atoms with Crippen LogP contribution in [0.4, 0.5) is 11.5 Å². The Morgan fingerprint density at radius 1 is 1.31 bits per heavy atom. The fraction of sp³-hybridized carbons (Fsp3) is 0.500. The highest BCUT2D eigenvalue weighted by Gasteiger charge is 2.20. The van der Waals surface area contributed by atoms with Gasteiger partial charge in [-0.3, -0.25) is 4.79 Å². The van der Waals surface area contributed by atoms with Gasteiger partial charge in [0.25, 0.3) is 0 Å². The molecule has 1 N–H and O–H groups in total. The van der Waals surface area contributed by atoms with Gasteiger partial charge in [-0.25, -0.2) is 4.98 Å². The first-order valence-corrected chi connectivity index (χ1v) is 9.32. The molecule has 1 aliphatic heterocycles. The van der Waals surface area contributed by atoms with E-state index in [0.29, 0.717) is 18.9 Å². The van der Waals surface area contributed by atoms with Crippen molar-refractivity contribution >= 4 is 17.4 Å². The molecule has 0 bridgehead atoms. The van der Waals surface area contributed by atoms with Gasteiger partial charge in [0.1, 0.15) is 11.6 Å².